The lowest BCUT2D eigenvalue weighted by Crippen LogP contribution is -1.98. The van der Waals surface area contributed by atoms with Crippen LogP contribution in [0.25, 0.3) is 22.5 Å². The lowest BCUT2D eigenvalue weighted by Gasteiger charge is -2.07. The van der Waals surface area contributed by atoms with Crippen LogP contribution in [-0.2, 0) is 0 Å². The predicted octanol–water partition coefficient (Wildman–Crippen LogP) is 3.77. The fourth-order valence-electron chi connectivity index (χ4n) is 2.44. The molecule has 0 saturated heterocycles. The fraction of sp³-hybridized carbons (Fsp3) is 0.0588. The van der Waals surface area contributed by atoms with Gasteiger partial charge in [0.15, 0.2) is 11.5 Å². The molecule has 0 spiro atoms. The van der Waals surface area contributed by atoms with Crippen LogP contribution in [0.1, 0.15) is 0 Å². The predicted molar refractivity (Wildman–Crippen MR) is 88.4 cm³/mol. The van der Waals surface area contributed by atoms with Gasteiger partial charge in [0.2, 0.25) is 12.7 Å². The lowest BCUT2D eigenvalue weighted by atomic mass is 10.1. The first-order chi connectivity index (χ1) is 11.2. The van der Waals surface area contributed by atoms with E-state index in [4.69, 9.17) is 26.8 Å². The molecule has 23 heavy (non-hydrogen) atoms. The van der Waals surface area contributed by atoms with Crippen molar-refractivity contribution >= 4 is 17.5 Å². The molecule has 4 rings (SSSR count). The summed E-state index contributed by atoms with van der Waals surface area (Å²) in [6.07, 6.45) is 0. The Hall–Kier alpha value is -2.79. The molecule has 0 aliphatic carbocycles. The largest absolute Gasteiger partial charge is 0.454 e. The van der Waals surface area contributed by atoms with Crippen molar-refractivity contribution in [2.75, 3.05) is 12.5 Å². The van der Waals surface area contributed by atoms with E-state index in [1.54, 1.807) is 0 Å². The maximum Gasteiger partial charge on any atom is 0.231 e. The smallest absolute Gasteiger partial charge is 0.231 e. The van der Waals surface area contributed by atoms with E-state index in [9.17, 15) is 0 Å². The van der Waals surface area contributed by atoms with Crippen LogP contribution in [0.4, 0.5) is 5.95 Å². The van der Waals surface area contributed by atoms with Gasteiger partial charge >= 0.3 is 0 Å². The minimum Gasteiger partial charge on any atom is -0.454 e. The third-order valence-corrected chi connectivity index (χ3v) is 3.80. The number of benzene rings is 2. The minimum atomic E-state index is 0.213. The van der Waals surface area contributed by atoms with E-state index >= 15 is 0 Å². The highest BCUT2D eigenvalue weighted by atomic mass is 35.5. The number of anilines is 1. The van der Waals surface area contributed by atoms with Gasteiger partial charge in [-0.3, -0.25) is 0 Å². The average molecular weight is 326 g/mol. The summed E-state index contributed by atoms with van der Waals surface area (Å²) >= 11 is 5.93. The minimum absolute atomic E-state index is 0.213. The van der Waals surface area contributed by atoms with Crippen LogP contribution in [0.3, 0.4) is 0 Å². The molecule has 1 aliphatic rings. The Morgan fingerprint density at radius 2 is 1.48 bits per heavy atom. The first-order valence-electron chi connectivity index (χ1n) is 6.99. The van der Waals surface area contributed by atoms with Gasteiger partial charge in [0.1, 0.15) is 0 Å². The van der Waals surface area contributed by atoms with Crippen molar-refractivity contribution < 1.29 is 9.47 Å². The monoisotopic (exact) mass is 325 g/mol. The fourth-order valence-corrected chi connectivity index (χ4v) is 2.56. The van der Waals surface area contributed by atoms with Gasteiger partial charge < -0.3 is 15.2 Å². The summed E-state index contributed by atoms with van der Waals surface area (Å²) < 4.78 is 10.7. The third-order valence-electron chi connectivity index (χ3n) is 3.55. The van der Waals surface area contributed by atoms with Crippen molar-refractivity contribution in [2.45, 2.75) is 0 Å². The van der Waals surface area contributed by atoms with Crippen LogP contribution in [0.15, 0.2) is 48.5 Å². The molecule has 0 unspecified atom stereocenters. The van der Waals surface area contributed by atoms with Gasteiger partial charge in [0.05, 0.1) is 11.4 Å². The standard InChI is InChI=1S/C17H12ClN3O2/c18-12-4-1-10(2-5-12)13-8-14(21-17(19)20-13)11-3-6-15-16(7-11)23-9-22-15/h1-8H,9H2,(H2,19,20,21). The number of hydrogen-bond acceptors (Lipinski definition) is 5. The number of ether oxygens (including phenoxy) is 2. The van der Waals surface area contributed by atoms with E-state index in [0.29, 0.717) is 10.8 Å². The zero-order chi connectivity index (χ0) is 15.8. The molecule has 1 aromatic heterocycles. The maximum atomic E-state index is 5.93. The van der Waals surface area contributed by atoms with Crippen molar-refractivity contribution in [3.05, 3.63) is 53.6 Å². The number of aromatic nitrogens is 2. The zero-order valence-corrected chi connectivity index (χ0v) is 12.7. The molecule has 6 heteroatoms. The molecule has 0 amide bonds. The second kappa shape index (κ2) is 5.44. The zero-order valence-electron chi connectivity index (χ0n) is 12.0. The van der Waals surface area contributed by atoms with Crippen molar-refractivity contribution in [3.63, 3.8) is 0 Å². The Kier molecular flexibility index (Phi) is 3.28. The molecule has 114 valence electrons. The highest BCUT2D eigenvalue weighted by Crippen LogP contribution is 2.36. The van der Waals surface area contributed by atoms with Crippen molar-refractivity contribution in [1.82, 2.24) is 9.97 Å². The van der Waals surface area contributed by atoms with E-state index in [1.165, 1.54) is 0 Å². The SMILES string of the molecule is Nc1nc(-c2ccc(Cl)cc2)cc(-c2ccc3c(c2)OCO3)n1. The lowest BCUT2D eigenvalue weighted by molar-refractivity contribution is 0.174. The molecule has 2 aromatic carbocycles. The van der Waals surface area contributed by atoms with Crippen LogP contribution in [-0.4, -0.2) is 16.8 Å². The molecular weight excluding hydrogens is 314 g/mol. The van der Waals surface area contributed by atoms with Gasteiger partial charge in [0, 0.05) is 16.1 Å². The third kappa shape index (κ3) is 2.66. The van der Waals surface area contributed by atoms with E-state index < -0.39 is 0 Å². The highest BCUT2D eigenvalue weighted by Gasteiger charge is 2.15. The second-order valence-electron chi connectivity index (χ2n) is 5.07. The van der Waals surface area contributed by atoms with Gasteiger partial charge in [-0.05, 0) is 36.4 Å². The molecule has 0 fully saturated rings. The van der Waals surface area contributed by atoms with Crippen LogP contribution in [0, 0.1) is 0 Å². The van der Waals surface area contributed by atoms with Gasteiger partial charge in [-0.25, -0.2) is 9.97 Å². The summed E-state index contributed by atoms with van der Waals surface area (Å²) in [7, 11) is 0. The molecule has 0 radical (unpaired) electrons. The first-order valence-corrected chi connectivity index (χ1v) is 7.37. The highest BCUT2D eigenvalue weighted by molar-refractivity contribution is 6.30. The van der Waals surface area contributed by atoms with Gasteiger partial charge in [-0.15, -0.1) is 0 Å². The van der Waals surface area contributed by atoms with E-state index in [1.807, 2.05) is 48.5 Å². The molecule has 0 bridgehead atoms. The van der Waals surface area contributed by atoms with Gasteiger partial charge in [0.25, 0.3) is 0 Å². The van der Waals surface area contributed by atoms with Crippen LogP contribution in [0.2, 0.25) is 5.02 Å². The average Bonchev–Trinajstić information content (AvgIpc) is 3.02. The Bertz CT molecular complexity index is 882. The van der Waals surface area contributed by atoms with E-state index in [2.05, 4.69) is 9.97 Å². The van der Waals surface area contributed by atoms with Gasteiger partial charge in [-0.1, -0.05) is 23.7 Å². The van der Waals surface area contributed by atoms with Gasteiger partial charge in [-0.2, -0.15) is 0 Å². The molecule has 2 N–H and O–H groups in total. The summed E-state index contributed by atoms with van der Waals surface area (Å²) in [6, 6.07) is 15.0. The molecule has 0 atom stereocenters. The topological polar surface area (TPSA) is 70.3 Å². The summed E-state index contributed by atoms with van der Waals surface area (Å²) in [6.45, 7) is 0.237. The summed E-state index contributed by atoms with van der Waals surface area (Å²) in [5.74, 6) is 1.64. The van der Waals surface area contributed by atoms with Crippen molar-refractivity contribution in [3.8, 4) is 34.0 Å². The van der Waals surface area contributed by atoms with Crippen LogP contribution in [0.5, 0.6) is 11.5 Å². The Morgan fingerprint density at radius 3 is 2.26 bits per heavy atom. The molecule has 1 aliphatic heterocycles. The number of hydrogen-bond donors (Lipinski definition) is 1. The van der Waals surface area contributed by atoms with Crippen LogP contribution >= 0.6 is 11.6 Å². The molecule has 0 saturated carbocycles. The Balaban J connectivity index is 1.79. The van der Waals surface area contributed by atoms with Crippen LogP contribution < -0.4 is 15.2 Å². The number of fused-ring (bicyclic) bond motifs is 1. The molecule has 2 heterocycles. The summed E-state index contributed by atoms with van der Waals surface area (Å²) in [4.78, 5) is 8.62. The molecular formula is C17H12ClN3O2. The second-order valence-corrected chi connectivity index (χ2v) is 5.51. The first kappa shape index (κ1) is 13.8. The van der Waals surface area contributed by atoms with E-state index in [0.717, 1.165) is 28.3 Å². The normalized spacial score (nSPS) is 12.4. The summed E-state index contributed by atoms with van der Waals surface area (Å²) in [5, 5.41) is 0.673. The van der Waals surface area contributed by atoms with E-state index in [-0.39, 0.29) is 12.7 Å². The maximum absolute atomic E-state index is 5.93. The Labute approximate surface area is 137 Å². The summed E-state index contributed by atoms with van der Waals surface area (Å²) in [5.41, 5.74) is 9.14. The number of nitrogens with zero attached hydrogens (tertiary/aromatic N) is 2. The number of rotatable bonds is 2. The number of halogens is 1. The molecule has 3 aromatic rings. The Morgan fingerprint density at radius 1 is 0.826 bits per heavy atom. The quantitative estimate of drug-likeness (QED) is 0.776. The number of nitrogen functional groups attached to an aromatic ring is 1. The number of nitrogens with two attached hydrogens (primary N) is 1. The van der Waals surface area contributed by atoms with Crippen molar-refractivity contribution in [1.29, 1.82) is 0 Å². The van der Waals surface area contributed by atoms with Crippen molar-refractivity contribution in [2.24, 2.45) is 0 Å². The molecule has 5 nitrogen and oxygen atoms in total.